The molecule has 0 saturated carbocycles. The molecular formula is C22H24BrN5O3S. The van der Waals surface area contributed by atoms with Gasteiger partial charge in [0.15, 0.2) is 3.92 Å². The Labute approximate surface area is 198 Å². The lowest BCUT2D eigenvalue weighted by molar-refractivity contribution is 0.0240. The maximum Gasteiger partial charge on any atom is 0.410 e. The van der Waals surface area contributed by atoms with Gasteiger partial charge in [0.2, 0.25) is 0 Å². The van der Waals surface area contributed by atoms with Gasteiger partial charge in [-0.1, -0.05) is 18.2 Å². The summed E-state index contributed by atoms with van der Waals surface area (Å²) in [6.45, 7) is 7.85. The highest BCUT2D eigenvalue weighted by Crippen LogP contribution is 2.34. The Balaban J connectivity index is 1.59. The summed E-state index contributed by atoms with van der Waals surface area (Å²) in [7, 11) is 0. The average molecular weight is 518 g/mol. The van der Waals surface area contributed by atoms with Crippen molar-refractivity contribution >= 4 is 61.5 Å². The second-order valence-corrected chi connectivity index (χ2v) is 10.6. The molecule has 0 atom stereocenters. The molecule has 2 aromatic heterocycles. The molecule has 1 N–H and O–H groups in total. The van der Waals surface area contributed by atoms with E-state index in [-0.39, 0.29) is 12.0 Å². The van der Waals surface area contributed by atoms with Crippen LogP contribution < -0.4 is 10.2 Å². The van der Waals surface area contributed by atoms with Crippen molar-refractivity contribution < 1.29 is 14.3 Å². The van der Waals surface area contributed by atoms with E-state index in [9.17, 15) is 9.59 Å². The summed E-state index contributed by atoms with van der Waals surface area (Å²) in [5.41, 5.74) is 2.16. The van der Waals surface area contributed by atoms with Gasteiger partial charge < -0.3 is 19.9 Å². The number of carbonyl (C=O) groups excluding carboxylic acids is 2. The molecular weight excluding hydrogens is 494 g/mol. The van der Waals surface area contributed by atoms with Crippen LogP contribution in [0.25, 0.3) is 10.9 Å². The predicted molar refractivity (Wildman–Crippen MR) is 130 cm³/mol. The van der Waals surface area contributed by atoms with Gasteiger partial charge in [-0.05, 0) is 42.8 Å². The summed E-state index contributed by atoms with van der Waals surface area (Å²) in [5, 5.41) is 5.61. The molecule has 1 aromatic carbocycles. The number of nitrogens with one attached hydrogen (secondary N) is 1. The minimum atomic E-state index is -0.530. The Morgan fingerprint density at radius 1 is 1.16 bits per heavy atom. The average Bonchev–Trinajstić information content (AvgIpc) is 3.19. The van der Waals surface area contributed by atoms with Crippen molar-refractivity contribution in [3.63, 3.8) is 0 Å². The van der Waals surface area contributed by atoms with Gasteiger partial charge in [-0.2, -0.15) is 0 Å². The quantitative estimate of drug-likeness (QED) is 0.538. The van der Waals surface area contributed by atoms with E-state index >= 15 is 0 Å². The maximum absolute atomic E-state index is 12.8. The van der Waals surface area contributed by atoms with Crippen molar-refractivity contribution in [2.75, 3.05) is 36.4 Å². The third kappa shape index (κ3) is 5.02. The molecule has 1 aliphatic heterocycles. The molecule has 0 aliphatic carbocycles. The number of nitrogens with zero attached hydrogens (tertiary/aromatic N) is 4. The molecule has 0 unspecified atom stereocenters. The Bertz CT molecular complexity index is 1150. The van der Waals surface area contributed by atoms with Gasteiger partial charge in [0.1, 0.15) is 11.3 Å². The zero-order valence-electron chi connectivity index (χ0n) is 18.1. The number of hydrogen-bond acceptors (Lipinski definition) is 7. The number of pyridine rings is 1. The molecule has 0 spiro atoms. The molecule has 10 heteroatoms. The molecule has 32 heavy (non-hydrogen) atoms. The number of carbonyl (C=O) groups is 2. The van der Waals surface area contributed by atoms with Crippen molar-refractivity contribution in [1.82, 2.24) is 14.9 Å². The van der Waals surface area contributed by atoms with Gasteiger partial charge in [0, 0.05) is 36.9 Å². The van der Waals surface area contributed by atoms with Crippen LogP contribution in [0.15, 0.2) is 39.8 Å². The third-order valence-electron chi connectivity index (χ3n) is 4.95. The third-order valence-corrected chi connectivity index (χ3v) is 6.32. The van der Waals surface area contributed by atoms with Gasteiger partial charge in [-0.25, -0.2) is 9.78 Å². The van der Waals surface area contributed by atoms with Crippen LogP contribution in [0.5, 0.6) is 0 Å². The van der Waals surface area contributed by atoms with E-state index in [1.807, 2.05) is 45.0 Å². The molecule has 3 aromatic rings. The number of hydrogen-bond donors (Lipinski definition) is 1. The van der Waals surface area contributed by atoms with E-state index < -0.39 is 5.60 Å². The molecule has 8 nitrogen and oxygen atoms in total. The van der Waals surface area contributed by atoms with Crippen LogP contribution in [-0.2, 0) is 4.74 Å². The fourth-order valence-corrected chi connectivity index (χ4v) is 4.53. The van der Waals surface area contributed by atoms with Crippen LogP contribution in [0.4, 0.5) is 16.2 Å². The number of ether oxygens (including phenoxy) is 1. The second kappa shape index (κ2) is 9.03. The standard InChI is InChI=1S/C22H24BrN5O3S/c1-22(2,3)31-21(30)28-10-8-27(9-11-28)18-14-6-4-5-7-15(14)24-12-16(18)25-19(29)17-13-32-20(23)26-17/h4-7,12-13H,8-11H2,1-3H3,(H,25,29). The number of anilines is 2. The number of aromatic nitrogens is 2. The van der Waals surface area contributed by atoms with Gasteiger partial charge in [0.05, 0.1) is 23.1 Å². The Hall–Kier alpha value is -2.72. The van der Waals surface area contributed by atoms with Crippen LogP contribution in [0.3, 0.4) is 0 Å². The minimum Gasteiger partial charge on any atom is -0.444 e. The van der Waals surface area contributed by atoms with Gasteiger partial charge in [-0.3, -0.25) is 9.78 Å². The number of halogens is 1. The van der Waals surface area contributed by atoms with Crippen molar-refractivity contribution in [2.24, 2.45) is 0 Å². The minimum absolute atomic E-state index is 0.294. The summed E-state index contributed by atoms with van der Waals surface area (Å²) in [4.78, 5) is 37.8. The summed E-state index contributed by atoms with van der Waals surface area (Å²) in [5.74, 6) is -0.294. The Kier molecular flexibility index (Phi) is 6.34. The van der Waals surface area contributed by atoms with Gasteiger partial charge in [0.25, 0.3) is 5.91 Å². The van der Waals surface area contributed by atoms with E-state index in [1.54, 1.807) is 16.5 Å². The first-order chi connectivity index (χ1) is 15.2. The topological polar surface area (TPSA) is 87.7 Å². The van der Waals surface area contributed by atoms with Crippen molar-refractivity contribution in [1.29, 1.82) is 0 Å². The van der Waals surface area contributed by atoms with Crippen molar-refractivity contribution in [2.45, 2.75) is 26.4 Å². The monoisotopic (exact) mass is 517 g/mol. The van der Waals surface area contributed by atoms with Crippen LogP contribution in [-0.4, -0.2) is 58.6 Å². The zero-order chi connectivity index (χ0) is 22.9. The number of piperazine rings is 1. The smallest absolute Gasteiger partial charge is 0.410 e. The molecule has 4 rings (SSSR count). The summed E-state index contributed by atoms with van der Waals surface area (Å²) in [6, 6.07) is 7.82. The first-order valence-electron chi connectivity index (χ1n) is 10.2. The van der Waals surface area contributed by atoms with Crippen LogP contribution >= 0.6 is 27.3 Å². The van der Waals surface area contributed by atoms with Crippen molar-refractivity contribution in [3.8, 4) is 0 Å². The molecule has 3 heterocycles. The van der Waals surface area contributed by atoms with E-state index in [4.69, 9.17) is 4.74 Å². The predicted octanol–water partition coefficient (Wildman–Crippen LogP) is 4.76. The number of thiazole rings is 1. The maximum atomic E-state index is 12.8. The Morgan fingerprint density at radius 2 is 1.88 bits per heavy atom. The lowest BCUT2D eigenvalue weighted by atomic mass is 10.1. The second-order valence-electron chi connectivity index (χ2n) is 8.43. The highest BCUT2D eigenvalue weighted by atomic mass is 79.9. The molecule has 1 aliphatic rings. The van der Waals surface area contributed by atoms with Crippen LogP contribution in [0.2, 0.25) is 0 Å². The van der Waals surface area contributed by atoms with Crippen molar-refractivity contribution in [3.05, 3.63) is 45.5 Å². The van der Waals surface area contributed by atoms with Crippen LogP contribution in [0.1, 0.15) is 31.3 Å². The number of fused-ring (bicyclic) bond motifs is 1. The lowest BCUT2D eigenvalue weighted by Gasteiger charge is -2.37. The molecule has 0 bridgehead atoms. The van der Waals surface area contributed by atoms with Crippen LogP contribution in [0, 0.1) is 0 Å². The highest BCUT2D eigenvalue weighted by molar-refractivity contribution is 9.11. The first kappa shape index (κ1) is 22.5. The highest BCUT2D eigenvalue weighted by Gasteiger charge is 2.28. The number of para-hydroxylation sites is 1. The molecule has 168 valence electrons. The molecule has 1 saturated heterocycles. The largest absolute Gasteiger partial charge is 0.444 e. The number of amides is 2. The first-order valence-corrected chi connectivity index (χ1v) is 11.9. The molecule has 0 radical (unpaired) electrons. The Morgan fingerprint density at radius 3 is 2.53 bits per heavy atom. The van der Waals surface area contributed by atoms with Gasteiger partial charge >= 0.3 is 6.09 Å². The lowest BCUT2D eigenvalue weighted by Crippen LogP contribution is -2.50. The SMILES string of the molecule is CC(C)(C)OC(=O)N1CCN(c2c(NC(=O)c3csc(Br)n3)cnc3ccccc23)CC1. The van der Waals surface area contributed by atoms with E-state index in [2.05, 4.69) is 36.1 Å². The number of rotatable bonds is 3. The molecule has 1 fully saturated rings. The van der Waals surface area contributed by atoms with E-state index in [1.165, 1.54) is 11.3 Å². The van der Waals surface area contributed by atoms with E-state index in [0.717, 1.165) is 16.6 Å². The fourth-order valence-electron chi connectivity index (χ4n) is 3.54. The zero-order valence-corrected chi connectivity index (χ0v) is 20.5. The number of benzene rings is 1. The van der Waals surface area contributed by atoms with Gasteiger partial charge in [-0.15, -0.1) is 11.3 Å². The van der Waals surface area contributed by atoms with E-state index in [0.29, 0.717) is 41.5 Å². The summed E-state index contributed by atoms with van der Waals surface area (Å²) < 4.78 is 6.16. The summed E-state index contributed by atoms with van der Waals surface area (Å²) in [6.07, 6.45) is 1.37. The fraction of sp³-hybridized carbons (Fsp3) is 0.364. The molecule has 2 amide bonds. The normalized spacial score (nSPS) is 14.5. The summed E-state index contributed by atoms with van der Waals surface area (Å²) >= 11 is 4.65.